The molecule has 0 bridgehead atoms. The maximum absolute atomic E-state index is 12.7. The number of nitrogens with zero attached hydrogens (tertiary/aromatic N) is 2. The van der Waals surface area contributed by atoms with E-state index in [-0.39, 0.29) is 22.3 Å². The van der Waals surface area contributed by atoms with Crippen LogP contribution in [0.3, 0.4) is 0 Å². The van der Waals surface area contributed by atoms with Crippen molar-refractivity contribution in [3.63, 3.8) is 0 Å². The summed E-state index contributed by atoms with van der Waals surface area (Å²) in [4.78, 5) is 12.4. The molecule has 27 heavy (non-hydrogen) atoms. The Balaban J connectivity index is 1.92. The van der Waals surface area contributed by atoms with Crippen LogP contribution in [-0.4, -0.2) is 36.8 Å². The minimum atomic E-state index is -4.31. The molecule has 1 aliphatic rings. The van der Waals surface area contributed by atoms with E-state index in [0.717, 1.165) is 5.01 Å². The minimum Gasteiger partial charge on any atom is -0.504 e. The average Bonchev–Trinajstić information content (AvgIpc) is 2.90. The van der Waals surface area contributed by atoms with E-state index < -0.39 is 10.1 Å². The number of aromatic hydroxyl groups is 1. The number of hydrogen-bond acceptors (Lipinski definition) is 6. The summed E-state index contributed by atoms with van der Waals surface area (Å²) in [5.74, 6) is -0.121. The van der Waals surface area contributed by atoms with Crippen LogP contribution in [0.2, 0.25) is 0 Å². The second-order valence-electron chi connectivity index (χ2n) is 5.76. The number of hydrazone groups is 1. The van der Waals surface area contributed by atoms with Gasteiger partial charge < -0.3 is 9.84 Å². The van der Waals surface area contributed by atoms with Gasteiger partial charge in [0.25, 0.3) is 16.0 Å². The van der Waals surface area contributed by atoms with E-state index in [1.54, 1.807) is 25.1 Å². The lowest BCUT2D eigenvalue weighted by Crippen LogP contribution is -2.21. The average molecular weight is 388 g/mol. The van der Waals surface area contributed by atoms with Gasteiger partial charge in [0.15, 0.2) is 11.5 Å². The number of rotatable bonds is 4. The molecule has 2 aromatic rings. The highest BCUT2D eigenvalue weighted by molar-refractivity contribution is 7.85. The Labute approximate surface area is 155 Å². The van der Waals surface area contributed by atoms with Crippen LogP contribution in [0.15, 0.2) is 58.0 Å². The van der Waals surface area contributed by atoms with Gasteiger partial charge in [0, 0.05) is 0 Å². The van der Waals surface area contributed by atoms with Gasteiger partial charge in [-0.15, -0.1) is 0 Å². The molecule has 1 amide bonds. The number of carbonyl (C=O) groups excluding carboxylic acids is 1. The molecular formula is C18H16N2O6S. The van der Waals surface area contributed by atoms with Crippen molar-refractivity contribution < 1.29 is 27.6 Å². The Morgan fingerprint density at radius 2 is 1.81 bits per heavy atom. The molecule has 0 fully saturated rings. The molecule has 8 nitrogen and oxygen atoms in total. The second-order valence-corrected chi connectivity index (χ2v) is 7.18. The Morgan fingerprint density at radius 3 is 2.41 bits per heavy atom. The number of benzene rings is 2. The molecule has 0 saturated heterocycles. The third-order valence-corrected chi connectivity index (χ3v) is 4.82. The Hall–Kier alpha value is -3.17. The summed E-state index contributed by atoms with van der Waals surface area (Å²) in [6.07, 6.45) is 1.62. The third kappa shape index (κ3) is 3.69. The molecule has 0 saturated carbocycles. The van der Waals surface area contributed by atoms with Gasteiger partial charge in [-0.05, 0) is 55.0 Å². The van der Waals surface area contributed by atoms with Crippen LogP contribution in [0.4, 0.5) is 5.69 Å². The van der Waals surface area contributed by atoms with Crippen LogP contribution in [0.1, 0.15) is 12.5 Å². The Kier molecular flexibility index (Phi) is 4.73. The first-order valence-corrected chi connectivity index (χ1v) is 9.21. The van der Waals surface area contributed by atoms with Crippen molar-refractivity contribution in [2.24, 2.45) is 5.10 Å². The van der Waals surface area contributed by atoms with Crippen LogP contribution in [0.25, 0.3) is 6.08 Å². The molecule has 1 aliphatic heterocycles. The molecular weight excluding hydrogens is 372 g/mol. The smallest absolute Gasteiger partial charge is 0.294 e. The summed E-state index contributed by atoms with van der Waals surface area (Å²) in [5, 5.41) is 15.0. The van der Waals surface area contributed by atoms with Crippen molar-refractivity contribution >= 4 is 33.5 Å². The van der Waals surface area contributed by atoms with Gasteiger partial charge in [0.1, 0.15) is 0 Å². The minimum absolute atomic E-state index is 0.0108. The lowest BCUT2D eigenvalue weighted by Gasteiger charge is -2.12. The zero-order chi connectivity index (χ0) is 19.8. The molecule has 0 unspecified atom stereocenters. The topological polar surface area (TPSA) is 116 Å². The fourth-order valence-electron chi connectivity index (χ4n) is 2.57. The highest BCUT2D eigenvalue weighted by Crippen LogP contribution is 2.29. The monoisotopic (exact) mass is 388 g/mol. The number of hydrogen-bond donors (Lipinski definition) is 2. The SMILES string of the molecule is COc1cc(C=C2C(=O)N(c3ccc(S(=O)(=O)O)cc3)N=C2C)ccc1O. The lowest BCUT2D eigenvalue weighted by atomic mass is 10.1. The van der Waals surface area contributed by atoms with Crippen LogP contribution < -0.4 is 9.75 Å². The van der Waals surface area contributed by atoms with Crippen molar-refractivity contribution in [3.05, 3.63) is 53.6 Å². The molecule has 0 aliphatic carbocycles. The summed E-state index contributed by atoms with van der Waals surface area (Å²) in [6.45, 7) is 1.67. The lowest BCUT2D eigenvalue weighted by molar-refractivity contribution is -0.114. The highest BCUT2D eigenvalue weighted by Gasteiger charge is 2.29. The quantitative estimate of drug-likeness (QED) is 0.614. The first-order chi connectivity index (χ1) is 12.7. The van der Waals surface area contributed by atoms with Crippen LogP contribution in [0, 0.1) is 0 Å². The molecule has 0 aromatic heterocycles. The van der Waals surface area contributed by atoms with Crippen LogP contribution in [-0.2, 0) is 14.9 Å². The summed E-state index contributed by atoms with van der Waals surface area (Å²) < 4.78 is 36.3. The van der Waals surface area contributed by atoms with Gasteiger partial charge in [0.2, 0.25) is 0 Å². The van der Waals surface area contributed by atoms with Crippen molar-refractivity contribution in [1.29, 1.82) is 0 Å². The fourth-order valence-corrected chi connectivity index (χ4v) is 3.05. The number of phenolic OH excluding ortho intramolecular Hbond substituents is 1. The van der Waals surface area contributed by atoms with Gasteiger partial charge in [-0.2, -0.15) is 18.5 Å². The maximum Gasteiger partial charge on any atom is 0.294 e. The molecule has 0 atom stereocenters. The zero-order valence-corrected chi connectivity index (χ0v) is 15.3. The number of methoxy groups -OCH3 is 1. The highest BCUT2D eigenvalue weighted by atomic mass is 32.2. The van der Waals surface area contributed by atoms with Crippen molar-refractivity contribution in [2.45, 2.75) is 11.8 Å². The van der Waals surface area contributed by atoms with Gasteiger partial charge in [0.05, 0.1) is 29.0 Å². The summed E-state index contributed by atoms with van der Waals surface area (Å²) >= 11 is 0. The second kappa shape index (κ2) is 6.86. The summed E-state index contributed by atoms with van der Waals surface area (Å²) in [7, 11) is -2.88. The maximum atomic E-state index is 12.7. The molecule has 2 aromatic carbocycles. The van der Waals surface area contributed by atoms with Crippen LogP contribution >= 0.6 is 0 Å². The zero-order valence-electron chi connectivity index (χ0n) is 14.4. The molecule has 0 spiro atoms. The van der Waals surface area contributed by atoms with E-state index >= 15 is 0 Å². The fraction of sp³-hybridized carbons (Fsp3) is 0.111. The number of anilines is 1. The van der Waals surface area contributed by atoms with E-state index in [0.29, 0.717) is 22.5 Å². The normalized spacial score (nSPS) is 16.0. The van der Waals surface area contributed by atoms with Crippen molar-refractivity contribution in [2.75, 3.05) is 12.1 Å². The molecule has 2 N–H and O–H groups in total. The Morgan fingerprint density at radius 1 is 1.15 bits per heavy atom. The first kappa shape index (κ1) is 18.6. The largest absolute Gasteiger partial charge is 0.504 e. The number of amides is 1. The molecule has 140 valence electrons. The van der Waals surface area contributed by atoms with E-state index in [9.17, 15) is 18.3 Å². The summed E-state index contributed by atoms with van der Waals surface area (Å²) in [6, 6.07) is 9.82. The van der Waals surface area contributed by atoms with Gasteiger partial charge >= 0.3 is 0 Å². The van der Waals surface area contributed by atoms with E-state index in [1.807, 2.05) is 0 Å². The number of ether oxygens (including phenoxy) is 1. The van der Waals surface area contributed by atoms with E-state index in [4.69, 9.17) is 9.29 Å². The van der Waals surface area contributed by atoms with E-state index in [1.165, 1.54) is 37.4 Å². The van der Waals surface area contributed by atoms with Crippen molar-refractivity contribution in [3.8, 4) is 11.5 Å². The van der Waals surface area contributed by atoms with Crippen LogP contribution in [0.5, 0.6) is 11.5 Å². The van der Waals surface area contributed by atoms with Gasteiger partial charge in [-0.25, -0.2) is 0 Å². The standard InChI is InChI=1S/C18H16N2O6S/c1-11-15(9-12-3-8-16(21)17(10-12)26-2)18(22)20(19-11)13-4-6-14(7-5-13)27(23,24)25/h3-10,21H,1-2H3,(H,23,24,25). The van der Waals surface area contributed by atoms with E-state index in [2.05, 4.69) is 5.10 Å². The van der Waals surface area contributed by atoms with Gasteiger partial charge in [-0.3, -0.25) is 9.35 Å². The first-order valence-electron chi connectivity index (χ1n) is 7.77. The third-order valence-electron chi connectivity index (χ3n) is 3.96. The predicted molar refractivity (Wildman–Crippen MR) is 99.5 cm³/mol. The molecule has 3 rings (SSSR count). The van der Waals surface area contributed by atoms with Crippen molar-refractivity contribution in [1.82, 2.24) is 0 Å². The summed E-state index contributed by atoms with van der Waals surface area (Å²) in [5.41, 5.74) is 1.83. The number of phenols is 1. The number of carbonyl (C=O) groups is 1. The molecule has 0 radical (unpaired) electrons. The predicted octanol–water partition coefficient (Wildman–Crippen LogP) is 2.45. The van der Waals surface area contributed by atoms with Gasteiger partial charge in [-0.1, -0.05) is 6.07 Å². The molecule has 9 heteroatoms. The molecule has 1 heterocycles. The Bertz CT molecular complexity index is 1070.